The van der Waals surface area contributed by atoms with Crippen molar-refractivity contribution < 1.29 is 9.53 Å². The fourth-order valence-electron chi connectivity index (χ4n) is 3.26. The molecule has 0 aromatic carbocycles. The van der Waals surface area contributed by atoms with E-state index in [1.165, 1.54) is 6.42 Å². The molecule has 1 saturated carbocycles. The molecule has 0 aromatic rings. The van der Waals surface area contributed by atoms with Crippen molar-refractivity contribution in [3.63, 3.8) is 0 Å². The third-order valence-corrected chi connectivity index (χ3v) is 4.69. The molecule has 2 rings (SSSR count). The predicted octanol–water partition coefficient (Wildman–Crippen LogP) is 0.731. The predicted molar refractivity (Wildman–Crippen MR) is 79.4 cm³/mol. The molecule has 0 bridgehead atoms. The van der Waals surface area contributed by atoms with Gasteiger partial charge in [-0.25, -0.2) is 0 Å². The van der Waals surface area contributed by atoms with Gasteiger partial charge in [0, 0.05) is 37.6 Å². The molecule has 1 aliphatic heterocycles. The number of carbonyl (C=O) groups is 1. The third kappa shape index (κ3) is 4.17. The van der Waals surface area contributed by atoms with Crippen LogP contribution in [0.15, 0.2) is 0 Å². The molecule has 1 amide bonds. The number of carbonyl (C=O) groups excluding carboxylic acids is 1. The zero-order chi connectivity index (χ0) is 14.6. The Morgan fingerprint density at radius 3 is 2.90 bits per heavy atom. The average molecular weight is 283 g/mol. The van der Waals surface area contributed by atoms with Gasteiger partial charge in [-0.2, -0.15) is 0 Å². The van der Waals surface area contributed by atoms with Crippen LogP contribution in [0.4, 0.5) is 0 Å². The molecule has 1 saturated heterocycles. The first-order valence-electron chi connectivity index (χ1n) is 7.84. The van der Waals surface area contributed by atoms with Crippen molar-refractivity contribution in [3.05, 3.63) is 0 Å². The van der Waals surface area contributed by atoms with E-state index in [-0.39, 0.29) is 17.5 Å². The number of hydrogen-bond acceptors (Lipinski definition) is 4. The summed E-state index contributed by atoms with van der Waals surface area (Å²) >= 11 is 0. The van der Waals surface area contributed by atoms with Crippen LogP contribution in [0.2, 0.25) is 0 Å². The Morgan fingerprint density at radius 2 is 2.25 bits per heavy atom. The maximum Gasteiger partial charge on any atom is 0.220 e. The summed E-state index contributed by atoms with van der Waals surface area (Å²) in [7, 11) is 0. The second kappa shape index (κ2) is 6.87. The van der Waals surface area contributed by atoms with E-state index < -0.39 is 0 Å². The summed E-state index contributed by atoms with van der Waals surface area (Å²) in [6.45, 7) is 8.46. The molecule has 2 aliphatic rings. The summed E-state index contributed by atoms with van der Waals surface area (Å²) in [4.78, 5) is 14.3. The standard InChI is InChI=1S/C15H29N3O2/c1-15(2)11-20-9-8-18(15)7-6-17-14(19)10-12-4-3-5-13(12)16/h12-13H,3-11,16H2,1-2H3,(H,17,19)/t12-,13+/m0/s1. The minimum absolute atomic E-state index is 0.0663. The van der Waals surface area contributed by atoms with Gasteiger partial charge in [-0.05, 0) is 32.6 Å². The van der Waals surface area contributed by atoms with E-state index in [9.17, 15) is 4.79 Å². The van der Waals surface area contributed by atoms with E-state index in [0.717, 1.165) is 39.1 Å². The molecule has 2 atom stereocenters. The number of morpholine rings is 1. The lowest BCUT2D eigenvalue weighted by atomic mass is 10.00. The molecular weight excluding hydrogens is 254 g/mol. The monoisotopic (exact) mass is 283 g/mol. The summed E-state index contributed by atoms with van der Waals surface area (Å²) in [6.07, 6.45) is 3.93. The third-order valence-electron chi connectivity index (χ3n) is 4.69. The van der Waals surface area contributed by atoms with Gasteiger partial charge < -0.3 is 15.8 Å². The van der Waals surface area contributed by atoms with Gasteiger partial charge in [-0.1, -0.05) is 6.42 Å². The van der Waals surface area contributed by atoms with Crippen molar-refractivity contribution in [3.8, 4) is 0 Å². The van der Waals surface area contributed by atoms with E-state index in [1.54, 1.807) is 0 Å². The highest BCUT2D eigenvalue weighted by atomic mass is 16.5. The van der Waals surface area contributed by atoms with Crippen LogP contribution in [-0.4, -0.2) is 55.2 Å². The minimum Gasteiger partial charge on any atom is -0.378 e. The molecular formula is C15H29N3O2. The highest BCUT2D eigenvalue weighted by Crippen LogP contribution is 2.26. The van der Waals surface area contributed by atoms with Gasteiger partial charge in [0.15, 0.2) is 0 Å². The van der Waals surface area contributed by atoms with E-state index >= 15 is 0 Å². The van der Waals surface area contributed by atoms with Crippen LogP contribution < -0.4 is 11.1 Å². The molecule has 116 valence electrons. The molecule has 5 heteroatoms. The van der Waals surface area contributed by atoms with Gasteiger partial charge in [0.2, 0.25) is 5.91 Å². The summed E-state index contributed by atoms with van der Waals surface area (Å²) in [5.41, 5.74) is 6.07. The fourth-order valence-corrected chi connectivity index (χ4v) is 3.26. The quantitative estimate of drug-likeness (QED) is 0.780. The molecule has 0 unspecified atom stereocenters. The van der Waals surface area contributed by atoms with E-state index in [4.69, 9.17) is 10.5 Å². The number of ether oxygens (including phenoxy) is 1. The Bertz CT molecular complexity index is 333. The number of hydrogen-bond donors (Lipinski definition) is 2. The number of rotatable bonds is 5. The summed E-state index contributed by atoms with van der Waals surface area (Å²) in [5.74, 6) is 0.535. The van der Waals surface area contributed by atoms with Crippen molar-refractivity contribution >= 4 is 5.91 Å². The Balaban J connectivity index is 1.66. The normalized spacial score (nSPS) is 30.4. The molecule has 0 spiro atoms. The largest absolute Gasteiger partial charge is 0.378 e. The van der Waals surface area contributed by atoms with E-state index in [0.29, 0.717) is 18.9 Å². The highest BCUT2D eigenvalue weighted by Gasteiger charge is 2.30. The lowest BCUT2D eigenvalue weighted by molar-refractivity contribution is -0.122. The molecule has 2 fully saturated rings. The average Bonchev–Trinajstić information content (AvgIpc) is 2.77. The van der Waals surface area contributed by atoms with Crippen molar-refractivity contribution in [1.82, 2.24) is 10.2 Å². The summed E-state index contributed by atoms with van der Waals surface area (Å²) < 4.78 is 5.50. The Labute approximate surface area is 122 Å². The topological polar surface area (TPSA) is 67.6 Å². The van der Waals surface area contributed by atoms with Crippen molar-refractivity contribution in [2.45, 2.75) is 51.1 Å². The highest BCUT2D eigenvalue weighted by molar-refractivity contribution is 5.76. The SMILES string of the molecule is CC1(C)COCCN1CCNC(=O)C[C@@H]1CCC[C@H]1N. The Morgan fingerprint density at radius 1 is 1.45 bits per heavy atom. The van der Waals surface area contributed by atoms with Gasteiger partial charge in [-0.3, -0.25) is 9.69 Å². The van der Waals surface area contributed by atoms with Crippen LogP contribution in [0.5, 0.6) is 0 Å². The molecule has 20 heavy (non-hydrogen) atoms. The lowest BCUT2D eigenvalue weighted by Gasteiger charge is -2.42. The van der Waals surface area contributed by atoms with Crippen LogP contribution in [0.25, 0.3) is 0 Å². The van der Waals surface area contributed by atoms with E-state index in [1.807, 2.05) is 0 Å². The lowest BCUT2D eigenvalue weighted by Crippen LogP contribution is -2.54. The van der Waals surface area contributed by atoms with Crippen molar-refractivity contribution in [2.75, 3.05) is 32.8 Å². The first kappa shape index (κ1) is 15.7. The van der Waals surface area contributed by atoms with Crippen LogP contribution in [-0.2, 0) is 9.53 Å². The fraction of sp³-hybridized carbons (Fsp3) is 0.933. The Kier molecular flexibility index (Phi) is 5.41. The van der Waals surface area contributed by atoms with Gasteiger partial charge in [0.1, 0.15) is 0 Å². The number of nitrogens with two attached hydrogens (primary N) is 1. The van der Waals surface area contributed by atoms with Gasteiger partial charge in [0.05, 0.1) is 13.2 Å². The Hall–Kier alpha value is -0.650. The summed E-state index contributed by atoms with van der Waals surface area (Å²) in [6, 6.07) is 0.221. The zero-order valence-corrected chi connectivity index (χ0v) is 12.9. The number of nitrogens with zero attached hydrogens (tertiary/aromatic N) is 1. The van der Waals surface area contributed by atoms with Crippen molar-refractivity contribution in [2.24, 2.45) is 11.7 Å². The summed E-state index contributed by atoms with van der Waals surface area (Å²) in [5, 5.41) is 3.04. The van der Waals surface area contributed by atoms with Crippen LogP contribution in [0.1, 0.15) is 39.5 Å². The van der Waals surface area contributed by atoms with Gasteiger partial charge in [-0.15, -0.1) is 0 Å². The molecule has 0 aromatic heterocycles. The molecule has 0 radical (unpaired) electrons. The van der Waals surface area contributed by atoms with Crippen molar-refractivity contribution in [1.29, 1.82) is 0 Å². The van der Waals surface area contributed by atoms with Crippen LogP contribution in [0.3, 0.4) is 0 Å². The molecule has 5 nitrogen and oxygen atoms in total. The van der Waals surface area contributed by atoms with Gasteiger partial charge >= 0.3 is 0 Å². The molecule has 3 N–H and O–H groups in total. The second-order valence-corrected chi connectivity index (χ2v) is 6.76. The van der Waals surface area contributed by atoms with Crippen LogP contribution >= 0.6 is 0 Å². The zero-order valence-electron chi connectivity index (χ0n) is 12.9. The molecule has 1 aliphatic carbocycles. The second-order valence-electron chi connectivity index (χ2n) is 6.76. The first-order valence-corrected chi connectivity index (χ1v) is 7.84. The maximum absolute atomic E-state index is 11.9. The van der Waals surface area contributed by atoms with Gasteiger partial charge in [0.25, 0.3) is 0 Å². The molecule has 1 heterocycles. The smallest absolute Gasteiger partial charge is 0.220 e. The number of amides is 1. The number of nitrogens with one attached hydrogen (secondary N) is 1. The first-order chi connectivity index (χ1) is 9.49. The van der Waals surface area contributed by atoms with Crippen LogP contribution in [0, 0.1) is 5.92 Å². The minimum atomic E-state index is 0.0663. The maximum atomic E-state index is 11.9. The van der Waals surface area contributed by atoms with E-state index in [2.05, 4.69) is 24.1 Å².